The minimum Gasteiger partial charge on any atom is -0.507 e. The summed E-state index contributed by atoms with van der Waals surface area (Å²) in [7, 11) is 0.0315. The van der Waals surface area contributed by atoms with E-state index in [1.165, 1.54) is 22.8 Å². The van der Waals surface area contributed by atoms with Crippen LogP contribution in [-0.2, 0) is 22.2 Å². The molecule has 1 aliphatic carbocycles. The van der Waals surface area contributed by atoms with Gasteiger partial charge in [0.05, 0.1) is 12.0 Å². The Morgan fingerprint density at radius 2 is 1.87 bits per heavy atom. The van der Waals surface area contributed by atoms with Crippen LogP contribution in [0.1, 0.15) is 34.6 Å². The van der Waals surface area contributed by atoms with Crippen LogP contribution in [-0.4, -0.2) is 22.3 Å². The van der Waals surface area contributed by atoms with Crippen LogP contribution in [0.5, 0.6) is 11.5 Å². The van der Waals surface area contributed by atoms with Crippen molar-refractivity contribution in [3.05, 3.63) is 89.0 Å². The van der Waals surface area contributed by atoms with Gasteiger partial charge in [0, 0.05) is 17.6 Å². The van der Waals surface area contributed by atoms with Crippen LogP contribution in [0.4, 0.5) is 0 Å². The largest absolute Gasteiger partial charge is 0.507 e. The molecular formula is C25H21NO4S. The number of nitrogens with one attached hydrogen (secondary N) is 1. The molecule has 0 radical (unpaired) electrons. The monoisotopic (exact) mass is 431 g/mol. The molecule has 6 heteroatoms. The molecule has 2 aliphatic rings. The number of fused-ring (bicyclic) bond motifs is 1. The highest BCUT2D eigenvalue weighted by Gasteiger charge is 2.28. The first-order valence-electron chi connectivity index (χ1n) is 10.1. The molecule has 2 atom stereocenters. The summed E-state index contributed by atoms with van der Waals surface area (Å²) in [4.78, 5) is 11.8. The van der Waals surface area contributed by atoms with Crippen LogP contribution in [0.2, 0.25) is 0 Å². The van der Waals surface area contributed by atoms with Crippen LogP contribution >= 0.6 is 0 Å². The number of ether oxygens (including phenoxy) is 1. The van der Waals surface area contributed by atoms with Crippen molar-refractivity contribution in [2.75, 3.05) is 7.11 Å². The summed E-state index contributed by atoms with van der Waals surface area (Å²) in [6, 6.07) is 19.9. The predicted molar refractivity (Wildman–Crippen MR) is 121 cm³/mol. The number of amides is 1. The SMILES string of the molecule is COc1ccc(-c2cccc3c2CC[C@@H]3c2ccc(C3=CC(=O)NS3=O)c(O)c2)cc1. The lowest BCUT2D eigenvalue weighted by Crippen LogP contribution is -2.16. The quantitative estimate of drug-likeness (QED) is 0.647. The van der Waals surface area contributed by atoms with Crippen molar-refractivity contribution in [3.8, 4) is 22.6 Å². The number of hydrogen-bond acceptors (Lipinski definition) is 4. The van der Waals surface area contributed by atoms with E-state index in [0.717, 1.165) is 29.7 Å². The second-order valence-electron chi connectivity index (χ2n) is 7.71. The van der Waals surface area contributed by atoms with Gasteiger partial charge in [-0.3, -0.25) is 9.52 Å². The Balaban J connectivity index is 1.49. The lowest BCUT2D eigenvalue weighted by atomic mass is 9.90. The normalized spacial score (nSPS) is 19.6. The summed E-state index contributed by atoms with van der Waals surface area (Å²) in [5.41, 5.74) is 6.40. The predicted octanol–water partition coefficient (Wildman–Crippen LogP) is 4.28. The van der Waals surface area contributed by atoms with Crippen LogP contribution < -0.4 is 9.46 Å². The second-order valence-corrected chi connectivity index (χ2v) is 8.89. The molecule has 0 aromatic heterocycles. The Hall–Kier alpha value is -3.38. The maximum atomic E-state index is 12.0. The van der Waals surface area contributed by atoms with Crippen molar-refractivity contribution in [2.45, 2.75) is 18.8 Å². The summed E-state index contributed by atoms with van der Waals surface area (Å²) in [6.45, 7) is 0. The third-order valence-electron chi connectivity index (χ3n) is 6.02. The molecule has 156 valence electrons. The van der Waals surface area contributed by atoms with E-state index in [1.807, 2.05) is 18.2 Å². The van der Waals surface area contributed by atoms with Crippen molar-refractivity contribution in [1.82, 2.24) is 4.72 Å². The first-order chi connectivity index (χ1) is 15.0. The Morgan fingerprint density at radius 3 is 2.55 bits per heavy atom. The van der Waals surface area contributed by atoms with Gasteiger partial charge in [-0.1, -0.05) is 36.4 Å². The minimum atomic E-state index is -1.63. The molecule has 3 aromatic rings. The van der Waals surface area contributed by atoms with Crippen LogP contribution in [0.15, 0.2) is 66.7 Å². The van der Waals surface area contributed by atoms with Crippen molar-refractivity contribution >= 4 is 21.8 Å². The molecule has 5 rings (SSSR count). The zero-order valence-electron chi connectivity index (χ0n) is 16.9. The number of rotatable bonds is 4. The van der Waals surface area contributed by atoms with Crippen LogP contribution in [0.3, 0.4) is 0 Å². The van der Waals surface area contributed by atoms with Gasteiger partial charge in [-0.25, -0.2) is 4.21 Å². The van der Waals surface area contributed by atoms with Gasteiger partial charge in [0.15, 0.2) is 11.0 Å². The molecule has 0 bridgehead atoms. The van der Waals surface area contributed by atoms with Gasteiger partial charge in [0.2, 0.25) is 0 Å². The highest BCUT2D eigenvalue weighted by Crippen LogP contribution is 2.44. The number of aromatic hydroxyl groups is 1. The van der Waals surface area contributed by atoms with E-state index >= 15 is 0 Å². The standard InChI is InChI=1S/C25H21NO4S/c1-30-17-8-5-15(6-9-17)18-3-2-4-20-19(11-12-21(18)20)16-7-10-22(23(27)13-16)24-14-25(28)26-31(24)29/h2-10,13-14,19,27H,11-12H2,1H3,(H,26,28)/t19-,31?/m1/s1. The number of carbonyl (C=O) groups is 1. The zero-order valence-corrected chi connectivity index (χ0v) is 17.7. The van der Waals surface area contributed by atoms with Gasteiger partial charge < -0.3 is 9.84 Å². The highest BCUT2D eigenvalue weighted by atomic mass is 32.2. The molecule has 1 aliphatic heterocycles. The average molecular weight is 432 g/mol. The molecule has 0 fully saturated rings. The van der Waals surface area contributed by atoms with Gasteiger partial charge >= 0.3 is 0 Å². The molecule has 1 unspecified atom stereocenters. The number of phenols is 1. The van der Waals surface area contributed by atoms with Gasteiger partial charge in [-0.15, -0.1) is 0 Å². The lowest BCUT2D eigenvalue weighted by molar-refractivity contribution is -0.114. The molecule has 5 nitrogen and oxygen atoms in total. The van der Waals surface area contributed by atoms with E-state index in [1.54, 1.807) is 19.2 Å². The zero-order chi connectivity index (χ0) is 21.5. The van der Waals surface area contributed by atoms with Crippen molar-refractivity contribution in [2.24, 2.45) is 0 Å². The summed E-state index contributed by atoms with van der Waals surface area (Å²) in [6.07, 6.45) is 3.19. The van der Waals surface area contributed by atoms with Gasteiger partial charge in [-0.2, -0.15) is 0 Å². The first kappa shape index (κ1) is 19.6. The highest BCUT2D eigenvalue weighted by molar-refractivity contribution is 7.94. The molecule has 31 heavy (non-hydrogen) atoms. The fraction of sp³-hybridized carbons (Fsp3) is 0.160. The topological polar surface area (TPSA) is 75.6 Å². The minimum absolute atomic E-state index is 0.0355. The van der Waals surface area contributed by atoms with Crippen LogP contribution in [0, 0.1) is 0 Å². The average Bonchev–Trinajstić information content (AvgIpc) is 3.36. The molecule has 0 saturated heterocycles. The Morgan fingerprint density at radius 1 is 1.06 bits per heavy atom. The van der Waals surface area contributed by atoms with E-state index in [-0.39, 0.29) is 11.7 Å². The van der Waals surface area contributed by atoms with Crippen molar-refractivity contribution in [1.29, 1.82) is 0 Å². The van der Waals surface area contributed by atoms with E-state index in [2.05, 4.69) is 35.1 Å². The Labute approximate surface area is 183 Å². The number of benzene rings is 3. The van der Waals surface area contributed by atoms with Crippen molar-refractivity contribution < 1.29 is 18.8 Å². The second kappa shape index (κ2) is 7.71. The Kier molecular flexibility index (Phi) is 4.87. The molecule has 2 N–H and O–H groups in total. The van der Waals surface area contributed by atoms with Gasteiger partial charge in [0.25, 0.3) is 5.91 Å². The lowest BCUT2D eigenvalue weighted by Gasteiger charge is -2.15. The van der Waals surface area contributed by atoms with Gasteiger partial charge in [0.1, 0.15) is 11.5 Å². The van der Waals surface area contributed by atoms with E-state index in [4.69, 9.17) is 4.74 Å². The third kappa shape index (κ3) is 3.43. The molecule has 1 amide bonds. The number of carbonyl (C=O) groups excluding carboxylic acids is 1. The maximum Gasteiger partial charge on any atom is 0.257 e. The van der Waals surface area contributed by atoms with Crippen LogP contribution in [0.25, 0.3) is 16.0 Å². The summed E-state index contributed by atoms with van der Waals surface area (Å²) in [5, 5.41) is 10.6. The van der Waals surface area contributed by atoms with Crippen molar-refractivity contribution in [3.63, 3.8) is 0 Å². The smallest absolute Gasteiger partial charge is 0.257 e. The van der Waals surface area contributed by atoms with Gasteiger partial charge in [-0.05, 0) is 64.9 Å². The number of hydrogen-bond donors (Lipinski definition) is 2. The molecule has 0 saturated carbocycles. The van der Waals surface area contributed by atoms with E-state index < -0.39 is 16.9 Å². The number of phenolic OH excluding ortho intramolecular Hbond substituents is 1. The van der Waals surface area contributed by atoms with E-state index in [0.29, 0.717) is 10.5 Å². The molecule has 1 heterocycles. The molecular weight excluding hydrogens is 410 g/mol. The summed E-state index contributed by atoms with van der Waals surface area (Å²) >= 11 is 0. The number of methoxy groups -OCH3 is 1. The Bertz CT molecular complexity index is 1250. The maximum absolute atomic E-state index is 12.0. The first-order valence-corrected chi connectivity index (χ1v) is 11.2. The van der Waals surface area contributed by atoms with E-state index in [9.17, 15) is 14.1 Å². The fourth-order valence-electron chi connectivity index (χ4n) is 4.54. The summed E-state index contributed by atoms with van der Waals surface area (Å²) in [5.74, 6) is 0.636. The molecule has 0 spiro atoms. The summed E-state index contributed by atoms with van der Waals surface area (Å²) < 4.78 is 19.6. The third-order valence-corrected chi connectivity index (χ3v) is 7.14. The fourth-order valence-corrected chi connectivity index (χ4v) is 5.48. The molecule has 3 aromatic carbocycles.